The molecule has 0 amide bonds. The van der Waals surface area contributed by atoms with E-state index < -0.39 is 36.8 Å². The summed E-state index contributed by atoms with van der Waals surface area (Å²) < 4.78 is 49.9. The van der Waals surface area contributed by atoms with Crippen LogP contribution in [0, 0.1) is 11.6 Å². The average Bonchev–Trinajstić information content (AvgIpc) is 2.31. The molecule has 0 saturated heterocycles. The van der Waals surface area contributed by atoms with Crippen molar-refractivity contribution >= 4 is 0 Å². The lowest BCUT2D eigenvalue weighted by atomic mass is 10.1. The minimum atomic E-state index is -2.90. The number of benzene rings is 1. The zero-order chi connectivity index (χ0) is 13.7. The predicted octanol–water partition coefficient (Wildman–Crippen LogP) is 1.21. The van der Waals surface area contributed by atoms with Crippen LogP contribution in [0.2, 0.25) is 0 Å². The normalized spacial score (nSPS) is 14.8. The fourth-order valence-corrected chi connectivity index (χ4v) is 1.34. The molecule has 0 bridgehead atoms. The molecule has 2 unspecified atom stereocenters. The molecule has 0 spiro atoms. The van der Waals surface area contributed by atoms with Gasteiger partial charge in [-0.05, 0) is 18.2 Å². The van der Waals surface area contributed by atoms with Crippen molar-refractivity contribution in [2.75, 3.05) is 13.1 Å². The summed E-state index contributed by atoms with van der Waals surface area (Å²) in [6.45, 7) is -0.726. The van der Waals surface area contributed by atoms with Crippen LogP contribution in [-0.4, -0.2) is 35.8 Å². The molecule has 1 rings (SSSR count). The number of aliphatic hydroxyl groups is 2. The molecular weight excluding hydrogens is 254 g/mol. The minimum Gasteiger partial charge on any atom is -0.387 e. The fourth-order valence-electron chi connectivity index (χ4n) is 1.34. The van der Waals surface area contributed by atoms with Crippen LogP contribution in [0.25, 0.3) is 0 Å². The smallest absolute Gasteiger partial charge is 0.265 e. The summed E-state index contributed by atoms with van der Waals surface area (Å²) in [4.78, 5) is 0. The van der Waals surface area contributed by atoms with E-state index >= 15 is 0 Å². The molecule has 0 aliphatic carbocycles. The second kappa shape index (κ2) is 6.67. The summed E-state index contributed by atoms with van der Waals surface area (Å²) in [5.74, 6) is -1.50. The van der Waals surface area contributed by atoms with E-state index in [0.29, 0.717) is 0 Å². The first-order valence-electron chi connectivity index (χ1n) is 5.21. The van der Waals surface area contributed by atoms with Crippen LogP contribution < -0.4 is 5.32 Å². The highest BCUT2D eigenvalue weighted by molar-refractivity contribution is 5.21. The second-order valence-electron chi connectivity index (χ2n) is 3.74. The van der Waals surface area contributed by atoms with Crippen LogP contribution in [0.15, 0.2) is 18.2 Å². The number of aliphatic hydroxyl groups excluding tert-OH is 2. The molecule has 3 N–H and O–H groups in total. The van der Waals surface area contributed by atoms with E-state index in [1.54, 1.807) is 0 Å². The maximum atomic E-state index is 13.2. The van der Waals surface area contributed by atoms with E-state index in [1.807, 2.05) is 0 Å². The fraction of sp³-hybridized carbons (Fsp3) is 0.455. The van der Waals surface area contributed by atoms with Gasteiger partial charge in [0, 0.05) is 18.7 Å². The van der Waals surface area contributed by atoms with Gasteiger partial charge in [0.15, 0.2) is 0 Å². The maximum absolute atomic E-state index is 13.2. The van der Waals surface area contributed by atoms with Gasteiger partial charge >= 0.3 is 0 Å². The van der Waals surface area contributed by atoms with Crippen LogP contribution in [0.3, 0.4) is 0 Å². The highest BCUT2D eigenvalue weighted by Crippen LogP contribution is 2.17. The lowest BCUT2D eigenvalue weighted by Gasteiger charge is -2.15. The third kappa shape index (κ3) is 4.25. The molecule has 102 valence electrons. The third-order valence-electron chi connectivity index (χ3n) is 2.30. The molecule has 0 fully saturated rings. The largest absolute Gasteiger partial charge is 0.387 e. The zero-order valence-corrected chi connectivity index (χ0v) is 9.28. The van der Waals surface area contributed by atoms with Gasteiger partial charge in [-0.3, -0.25) is 0 Å². The maximum Gasteiger partial charge on any atom is 0.265 e. The van der Waals surface area contributed by atoms with Gasteiger partial charge in [-0.1, -0.05) is 0 Å². The first kappa shape index (κ1) is 14.9. The molecule has 0 saturated carbocycles. The van der Waals surface area contributed by atoms with Crippen molar-refractivity contribution in [3.8, 4) is 0 Å². The Morgan fingerprint density at radius 3 is 2.39 bits per heavy atom. The highest BCUT2D eigenvalue weighted by Gasteiger charge is 2.18. The molecular formula is C11H13F4NO2. The molecule has 18 heavy (non-hydrogen) atoms. The van der Waals surface area contributed by atoms with Crippen LogP contribution in [0.5, 0.6) is 0 Å². The Hall–Kier alpha value is -1.18. The van der Waals surface area contributed by atoms with E-state index in [2.05, 4.69) is 5.32 Å². The van der Waals surface area contributed by atoms with Gasteiger partial charge < -0.3 is 15.5 Å². The summed E-state index contributed by atoms with van der Waals surface area (Å²) in [6.07, 6.45) is -6.15. The molecule has 0 heterocycles. The van der Waals surface area contributed by atoms with Crippen molar-refractivity contribution in [1.29, 1.82) is 0 Å². The van der Waals surface area contributed by atoms with E-state index in [-0.39, 0.29) is 12.1 Å². The predicted molar refractivity (Wildman–Crippen MR) is 56.2 cm³/mol. The highest BCUT2D eigenvalue weighted by atomic mass is 19.3. The van der Waals surface area contributed by atoms with E-state index in [4.69, 9.17) is 5.11 Å². The number of hydrogen-bond acceptors (Lipinski definition) is 3. The molecule has 7 heteroatoms. The molecule has 3 nitrogen and oxygen atoms in total. The van der Waals surface area contributed by atoms with Crippen molar-refractivity contribution in [2.45, 2.75) is 18.6 Å². The van der Waals surface area contributed by atoms with Crippen LogP contribution in [0.4, 0.5) is 17.6 Å². The van der Waals surface area contributed by atoms with Crippen LogP contribution in [-0.2, 0) is 0 Å². The first-order chi connectivity index (χ1) is 8.41. The van der Waals surface area contributed by atoms with E-state index in [1.165, 1.54) is 0 Å². The monoisotopic (exact) mass is 267 g/mol. The van der Waals surface area contributed by atoms with Gasteiger partial charge in [0.25, 0.3) is 6.43 Å². The van der Waals surface area contributed by atoms with E-state index in [9.17, 15) is 22.7 Å². The van der Waals surface area contributed by atoms with Crippen LogP contribution in [0.1, 0.15) is 11.7 Å². The summed E-state index contributed by atoms with van der Waals surface area (Å²) in [5.41, 5.74) is -0.269. The number of nitrogens with one attached hydrogen (secondary N) is 1. The van der Waals surface area contributed by atoms with Crippen molar-refractivity contribution in [1.82, 2.24) is 5.32 Å². The molecule has 2 atom stereocenters. The van der Waals surface area contributed by atoms with Crippen molar-refractivity contribution in [3.05, 3.63) is 35.4 Å². The number of rotatable bonds is 6. The molecule has 0 aliphatic heterocycles. The Morgan fingerprint density at radius 2 is 1.78 bits per heavy atom. The first-order valence-corrected chi connectivity index (χ1v) is 5.21. The molecule has 0 aliphatic rings. The third-order valence-corrected chi connectivity index (χ3v) is 2.30. The van der Waals surface area contributed by atoms with E-state index in [0.717, 1.165) is 18.2 Å². The Bertz CT molecular complexity index is 389. The quantitative estimate of drug-likeness (QED) is 0.679. The summed E-state index contributed by atoms with van der Waals surface area (Å²) >= 11 is 0. The Labute approximate surface area is 101 Å². The van der Waals surface area contributed by atoms with Crippen molar-refractivity contribution in [3.63, 3.8) is 0 Å². The average molecular weight is 267 g/mol. The second-order valence-corrected chi connectivity index (χ2v) is 3.74. The van der Waals surface area contributed by atoms with Crippen LogP contribution >= 0.6 is 0 Å². The molecule has 1 aromatic rings. The molecule has 0 aromatic heterocycles. The number of alkyl halides is 2. The van der Waals surface area contributed by atoms with Gasteiger partial charge in [0.05, 0.1) is 6.10 Å². The lowest BCUT2D eigenvalue weighted by molar-refractivity contribution is -0.00467. The Balaban J connectivity index is 2.50. The topological polar surface area (TPSA) is 52.5 Å². The standard InChI is InChI=1S/C11H13F4NO2/c12-6-1-2-8(13)7(3-6)9(17)4-16-5-10(18)11(14)15/h1-3,9-11,16-18H,4-5H2. The van der Waals surface area contributed by atoms with Gasteiger partial charge in [0.2, 0.25) is 0 Å². The molecule has 1 aromatic carbocycles. The lowest BCUT2D eigenvalue weighted by Crippen LogP contribution is -2.34. The number of halogens is 4. The summed E-state index contributed by atoms with van der Waals surface area (Å²) in [6, 6.07) is 2.59. The minimum absolute atomic E-state index is 0.269. The van der Waals surface area contributed by atoms with Crippen molar-refractivity contribution in [2.24, 2.45) is 0 Å². The SMILES string of the molecule is OC(CNCC(O)C(F)F)c1cc(F)ccc1F. The summed E-state index contributed by atoms with van der Waals surface area (Å²) in [7, 11) is 0. The zero-order valence-electron chi connectivity index (χ0n) is 9.28. The Morgan fingerprint density at radius 1 is 1.11 bits per heavy atom. The van der Waals surface area contributed by atoms with Crippen molar-refractivity contribution < 1.29 is 27.8 Å². The summed E-state index contributed by atoms with van der Waals surface area (Å²) in [5, 5.41) is 20.7. The Kier molecular flexibility index (Phi) is 5.52. The van der Waals surface area contributed by atoms with Gasteiger partial charge in [-0.25, -0.2) is 17.6 Å². The van der Waals surface area contributed by atoms with Gasteiger partial charge in [0.1, 0.15) is 17.7 Å². The van der Waals surface area contributed by atoms with Gasteiger partial charge in [-0.2, -0.15) is 0 Å². The van der Waals surface area contributed by atoms with Gasteiger partial charge in [-0.15, -0.1) is 0 Å². The number of hydrogen-bond donors (Lipinski definition) is 3. The molecule has 0 radical (unpaired) electrons.